The van der Waals surface area contributed by atoms with Crippen molar-refractivity contribution in [3.05, 3.63) is 64.7 Å². The first-order chi connectivity index (χ1) is 9.82. The van der Waals surface area contributed by atoms with Gasteiger partial charge in [0.15, 0.2) is 15.6 Å². The van der Waals surface area contributed by atoms with Gasteiger partial charge in [-0.3, -0.25) is 4.79 Å². The van der Waals surface area contributed by atoms with Crippen molar-refractivity contribution in [1.82, 2.24) is 0 Å². The van der Waals surface area contributed by atoms with Crippen LogP contribution in [0.25, 0.3) is 0 Å². The number of rotatable bonds is 4. The fraction of sp³-hybridized carbons (Fsp3) is 0.188. The van der Waals surface area contributed by atoms with Crippen LogP contribution in [0.4, 0.5) is 0 Å². The van der Waals surface area contributed by atoms with Crippen LogP contribution in [0.1, 0.15) is 22.8 Å². The summed E-state index contributed by atoms with van der Waals surface area (Å²) in [5.41, 5.74) is 1.30. The molecule has 3 nitrogen and oxygen atoms in total. The maximum Gasteiger partial charge on any atom is 0.188 e. The van der Waals surface area contributed by atoms with Gasteiger partial charge in [-0.1, -0.05) is 29.3 Å². The van der Waals surface area contributed by atoms with Crippen LogP contribution >= 0.6 is 11.6 Å². The molecule has 0 fully saturated rings. The third-order valence-electron chi connectivity index (χ3n) is 3.31. The van der Waals surface area contributed by atoms with Gasteiger partial charge in [-0.2, -0.15) is 0 Å². The third kappa shape index (κ3) is 3.34. The van der Waals surface area contributed by atoms with E-state index in [1.807, 2.05) is 6.92 Å². The van der Waals surface area contributed by atoms with E-state index < -0.39 is 20.9 Å². The Bertz CT molecular complexity index is 747. The van der Waals surface area contributed by atoms with Crippen molar-refractivity contribution in [2.75, 3.05) is 0 Å². The molecule has 2 aromatic rings. The monoisotopic (exact) mass is 322 g/mol. The lowest BCUT2D eigenvalue weighted by atomic mass is 10.1. The van der Waals surface area contributed by atoms with Gasteiger partial charge in [0.05, 0.1) is 4.90 Å². The molecular formula is C16H15ClO3S. The third-order valence-corrected chi connectivity index (χ3v) is 5.64. The zero-order chi connectivity index (χ0) is 15.6. The number of halogens is 1. The lowest BCUT2D eigenvalue weighted by molar-refractivity contribution is 0.0991. The smallest absolute Gasteiger partial charge is 0.188 e. The van der Waals surface area contributed by atoms with E-state index in [2.05, 4.69) is 0 Å². The van der Waals surface area contributed by atoms with Crippen molar-refractivity contribution in [3.8, 4) is 0 Å². The number of carbonyl (C=O) groups excluding carboxylic acids is 1. The van der Waals surface area contributed by atoms with E-state index in [-0.39, 0.29) is 4.90 Å². The second-order valence-electron chi connectivity index (χ2n) is 4.87. The first kappa shape index (κ1) is 15.7. The second kappa shape index (κ2) is 6.00. The van der Waals surface area contributed by atoms with Crippen LogP contribution in [-0.4, -0.2) is 19.5 Å². The van der Waals surface area contributed by atoms with Gasteiger partial charge < -0.3 is 0 Å². The SMILES string of the molecule is Cc1ccc(S(=O)(=O)C(C)C(=O)c2ccc(Cl)cc2)cc1. The van der Waals surface area contributed by atoms with E-state index >= 15 is 0 Å². The molecule has 0 aromatic heterocycles. The van der Waals surface area contributed by atoms with E-state index in [0.717, 1.165) is 5.56 Å². The molecule has 0 N–H and O–H groups in total. The Hall–Kier alpha value is -1.65. The molecule has 0 aliphatic rings. The van der Waals surface area contributed by atoms with Crippen molar-refractivity contribution in [3.63, 3.8) is 0 Å². The van der Waals surface area contributed by atoms with Gasteiger partial charge in [-0.25, -0.2) is 8.42 Å². The highest BCUT2D eigenvalue weighted by molar-refractivity contribution is 7.92. The van der Waals surface area contributed by atoms with E-state index in [1.165, 1.54) is 31.2 Å². The van der Waals surface area contributed by atoms with Crippen LogP contribution in [0.5, 0.6) is 0 Å². The lowest BCUT2D eigenvalue weighted by Gasteiger charge is -2.12. The van der Waals surface area contributed by atoms with Crippen molar-refractivity contribution in [2.45, 2.75) is 24.0 Å². The normalized spacial score (nSPS) is 12.9. The Morgan fingerprint density at radius 1 is 1.00 bits per heavy atom. The maximum atomic E-state index is 12.5. The Balaban J connectivity index is 2.33. The van der Waals surface area contributed by atoms with Crippen LogP contribution in [-0.2, 0) is 9.84 Å². The minimum Gasteiger partial charge on any atom is -0.293 e. The maximum absolute atomic E-state index is 12.5. The zero-order valence-electron chi connectivity index (χ0n) is 11.7. The molecule has 0 radical (unpaired) electrons. The molecule has 2 aromatic carbocycles. The molecule has 0 amide bonds. The molecular weight excluding hydrogens is 308 g/mol. The van der Waals surface area contributed by atoms with Gasteiger partial charge in [0, 0.05) is 10.6 Å². The van der Waals surface area contributed by atoms with Gasteiger partial charge in [-0.15, -0.1) is 0 Å². The Labute approximate surface area is 129 Å². The highest BCUT2D eigenvalue weighted by Gasteiger charge is 2.30. The summed E-state index contributed by atoms with van der Waals surface area (Å²) in [5.74, 6) is -0.438. The molecule has 1 unspecified atom stereocenters. The number of sulfone groups is 1. The van der Waals surface area contributed by atoms with Gasteiger partial charge in [0.25, 0.3) is 0 Å². The molecule has 0 bridgehead atoms. The summed E-state index contributed by atoms with van der Waals surface area (Å²) in [6.45, 7) is 3.28. The van der Waals surface area contributed by atoms with Crippen LogP contribution in [0, 0.1) is 6.92 Å². The molecule has 110 valence electrons. The van der Waals surface area contributed by atoms with E-state index in [0.29, 0.717) is 10.6 Å². The van der Waals surface area contributed by atoms with Gasteiger partial charge in [-0.05, 0) is 50.2 Å². The van der Waals surface area contributed by atoms with Crippen molar-refractivity contribution in [1.29, 1.82) is 0 Å². The van der Waals surface area contributed by atoms with E-state index in [1.54, 1.807) is 24.3 Å². The lowest BCUT2D eigenvalue weighted by Crippen LogP contribution is -2.27. The highest BCUT2D eigenvalue weighted by atomic mass is 35.5. The molecule has 0 saturated carbocycles. The standard InChI is InChI=1S/C16H15ClO3S/c1-11-3-9-15(10-4-11)21(19,20)12(2)16(18)13-5-7-14(17)8-6-13/h3-10,12H,1-2H3. The first-order valence-corrected chi connectivity index (χ1v) is 8.35. The summed E-state index contributed by atoms with van der Waals surface area (Å²) in [6, 6.07) is 12.7. The topological polar surface area (TPSA) is 51.2 Å². The minimum absolute atomic E-state index is 0.155. The summed E-state index contributed by atoms with van der Waals surface area (Å²) in [4.78, 5) is 12.5. The largest absolute Gasteiger partial charge is 0.293 e. The summed E-state index contributed by atoms with van der Waals surface area (Å²) in [6.07, 6.45) is 0. The fourth-order valence-electron chi connectivity index (χ4n) is 1.92. The summed E-state index contributed by atoms with van der Waals surface area (Å²) in [5, 5.41) is -0.637. The second-order valence-corrected chi connectivity index (χ2v) is 7.58. The van der Waals surface area contributed by atoms with E-state index in [4.69, 9.17) is 11.6 Å². The van der Waals surface area contributed by atoms with Crippen LogP contribution in [0.2, 0.25) is 5.02 Å². The molecule has 0 aliphatic carbocycles. The first-order valence-electron chi connectivity index (χ1n) is 6.43. The number of carbonyl (C=O) groups is 1. The molecule has 21 heavy (non-hydrogen) atoms. The molecule has 0 aliphatic heterocycles. The predicted molar refractivity (Wildman–Crippen MR) is 83.6 cm³/mol. The van der Waals surface area contributed by atoms with Crippen LogP contribution in [0.3, 0.4) is 0 Å². The average molecular weight is 323 g/mol. The molecule has 0 heterocycles. The van der Waals surface area contributed by atoms with Gasteiger partial charge >= 0.3 is 0 Å². The number of aryl methyl sites for hydroxylation is 1. The zero-order valence-corrected chi connectivity index (χ0v) is 13.3. The van der Waals surface area contributed by atoms with Crippen LogP contribution < -0.4 is 0 Å². The van der Waals surface area contributed by atoms with Crippen molar-refractivity contribution < 1.29 is 13.2 Å². The van der Waals surface area contributed by atoms with Gasteiger partial charge in [0.2, 0.25) is 0 Å². The fourth-order valence-corrected chi connectivity index (χ4v) is 3.39. The molecule has 0 saturated heterocycles. The summed E-state index contributed by atoms with van der Waals surface area (Å²) >= 11 is 5.77. The average Bonchev–Trinajstić information content (AvgIpc) is 2.47. The Kier molecular flexibility index (Phi) is 4.49. The quantitative estimate of drug-likeness (QED) is 0.807. The number of hydrogen-bond donors (Lipinski definition) is 0. The molecule has 0 spiro atoms. The summed E-state index contributed by atoms with van der Waals surface area (Å²) < 4.78 is 25.0. The van der Waals surface area contributed by atoms with Crippen molar-refractivity contribution >= 4 is 27.2 Å². The highest BCUT2D eigenvalue weighted by Crippen LogP contribution is 2.20. The Morgan fingerprint density at radius 2 is 1.52 bits per heavy atom. The molecule has 5 heteroatoms. The molecule has 2 rings (SSSR count). The predicted octanol–water partition coefficient (Wildman–Crippen LogP) is 3.69. The van der Waals surface area contributed by atoms with Crippen LogP contribution in [0.15, 0.2) is 53.4 Å². The van der Waals surface area contributed by atoms with E-state index in [9.17, 15) is 13.2 Å². The number of Topliss-reactive ketones (excluding diaryl/α,β-unsaturated/α-hetero) is 1. The number of ketones is 1. The molecule has 1 atom stereocenters. The minimum atomic E-state index is -3.70. The number of benzene rings is 2. The Morgan fingerprint density at radius 3 is 2.05 bits per heavy atom. The van der Waals surface area contributed by atoms with Gasteiger partial charge in [0.1, 0.15) is 5.25 Å². The van der Waals surface area contributed by atoms with Crippen molar-refractivity contribution in [2.24, 2.45) is 0 Å². The summed E-state index contributed by atoms with van der Waals surface area (Å²) in [7, 11) is -3.70. The number of hydrogen-bond acceptors (Lipinski definition) is 3.